The van der Waals surface area contributed by atoms with Crippen molar-refractivity contribution in [3.05, 3.63) is 32.3 Å². The summed E-state index contributed by atoms with van der Waals surface area (Å²) in [5.74, 6) is -0.204. The van der Waals surface area contributed by atoms with Gasteiger partial charge < -0.3 is 0 Å². The van der Waals surface area contributed by atoms with E-state index in [0.717, 1.165) is 16.4 Å². The molecule has 0 N–H and O–H groups in total. The van der Waals surface area contributed by atoms with Crippen molar-refractivity contribution in [3.8, 4) is 0 Å². The Morgan fingerprint density at radius 2 is 1.95 bits per heavy atom. The van der Waals surface area contributed by atoms with E-state index in [1.807, 2.05) is 0 Å². The quantitative estimate of drug-likeness (QED) is 0.613. The maximum absolute atomic E-state index is 12.5. The summed E-state index contributed by atoms with van der Waals surface area (Å²) in [6.45, 7) is -0.0874. The highest BCUT2D eigenvalue weighted by Gasteiger charge is 2.34. The van der Waals surface area contributed by atoms with Crippen LogP contribution >= 0.6 is 23.2 Å². The highest BCUT2D eigenvalue weighted by Crippen LogP contribution is 2.38. The first-order chi connectivity index (χ1) is 9.75. The van der Waals surface area contributed by atoms with Gasteiger partial charge in [-0.25, -0.2) is 8.42 Å². The summed E-state index contributed by atoms with van der Waals surface area (Å²) in [5, 5.41) is 10.1. The Morgan fingerprint density at radius 3 is 2.52 bits per heavy atom. The molecular weight excluding hydrogens is 343 g/mol. The highest BCUT2D eigenvalue weighted by molar-refractivity contribution is 7.89. The summed E-state index contributed by atoms with van der Waals surface area (Å²) < 4.78 is 25.9. The second-order valence-corrected chi connectivity index (χ2v) is 7.14. The molecule has 0 amide bonds. The molecule has 21 heavy (non-hydrogen) atoms. The van der Waals surface area contributed by atoms with Gasteiger partial charge in [0.2, 0.25) is 10.0 Å². The standard InChI is InChI=1S/C11H10Cl2N2O5S/c12-8-3-4-9(10(13)11(8)15(17)18)21(19,20)14-5-1-2-7(16)6-14/h3-4H,1-2,5-6H2. The van der Waals surface area contributed by atoms with Crippen molar-refractivity contribution in [3.63, 3.8) is 0 Å². The van der Waals surface area contributed by atoms with Gasteiger partial charge in [0.05, 0.1) is 11.5 Å². The lowest BCUT2D eigenvalue weighted by atomic mass is 10.1. The van der Waals surface area contributed by atoms with Crippen LogP contribution in [0.15, 0.2) is 17.0 Å². The third kappa shape index (κ3) is 3.03. The molecule has 1 aliphatic rings. The molecule has 1 aromatic carbocycles. The first-order valence-electron chi connectivity index (χ1n) is 5.89. The van der Waals surface area contributed by atoms with Gasteiger partial charge in [-0.15, -0.1) is 0 Å². The lowest BCUT2D eigenvalue weighted by molar-refractivity contribution is -0.384. The Hall–Kier alpha value is -1.22. The Balaban J connectivity index is 2.53. The van der Waals surface area contributed by atoms with E-state index >= 15 is 0 Å². The zero-order valence-corrected chi connectivity index (χ0v) is 12.9. The van der Waals surface area contributed by atoms with Crippen molar-refractivity contribution in [1.29, 1.82) is 0 Å². The number of benzene rings is 1. The van der Waals surface area contributed by atoms with Gasteiger partial charge in [-0.1, -0.05) is 23.2 Å². The minimum atomic E-state index is -4.08. The van der Waals surface area contributed by atoms with E-state index in [2.05, 4.69) is 0 Å². The van der Waals surface area contributed by atoms with Gasteiger partial charge in [-0.3, -0.25) is 14.9 Å². The van der Waals surface area contributed by atoms with Gasteiger partial charge in [0, 0.05) is 13.0 Å². The number of ketones is 1. The van der Waals surface area contributed by atoms with Crippen molar-refractivity contribution in [1.82, 2.24) is 4.31 Å². The predicted octanol–water partition coefficient (Wildman–Crippen LogP) is 2.26. The van der Waals surface area contributed by atoms with Crippen molar-refractivity contribution < 1.29 is 18.1 Å². The molecule has 1 heterocycles. The molecule has 0 unspecified atom stereocenters. The van der Waals surface area contributed by atoms with Gasteiger partial charge in [0.1, 0.15) is 20.7 Å². The van der Waals surface area contributed by atoms with Crippen LogP contribution in [0.5, 0.6) is 0 Å². The molecule has 1 aromatic rings. The Bertz CT molecular complexity index is 720. The number of carbonyl (C=O) groups excluding carboxylic acids is 1. The molecule has 2 rings (SSSR count). The van der Waals surface area contributed by atoms with Crippen molar-refractivity contribution in [2.24, 2.45) is 0 Å². The zero-order chi connectivity index (χ0) is 15.8. The van der Waals surface area contributed by atoms with E-state index in [1.54, 1.807) is 0 Å². The molecule has 1 saturated heterocycles. The van der Waals surface area contributed by atoms with Crippen LogP contribution in [0.1, 0.15) is 12.8 Å². The third-order valence-corrected chi connectivity index (χ3v) is 5.73. The van der Waals surface area contributed by atoms with Crippen LogP contribution in [-0.4, -0.2) is 36.5 Å². The average molecular weight is 353 g/mol. The number of hydrogen-bond acceptors (Lipinski definition) is 5. The summed E-state index contributed by atoms with van der Waals surface area (Å²) in [7, 11) is -4.08. The van der Waals surface area contributed by atoms with Crippen LogP contribution in [0.4, 0.5) is 5.69 Å². The number of piperidine rings is 1. The van der Waals surface area contributed by atoms with Crippen molar-refractivity contribution in [2.75, 3.05) is 13.1 Å². The fourth-order valence-electron chi connectivity index (χ4n) is 2.04. The van der Waals surface area contributed by atoms with E-state index in [9.17, 15) is 23.3 Å². The molecule has 0 aromatic heterocycles. The second-order valence-electron chi connectivity index (χ2n) is 4.45. The van der Waals surface area contributed by atoms with E-state index < -0.39 is 30.6 Å². The maximum atomic E-state index is 12.5. The Morgan fingerprint density at radius 1 is 1.29 bits per heavy atom. The summed E-state index contributed by atoms with van der Waals surface area (Å²) in [6.07, 6.45) is 0.728. The predicted molar refractivity (Wildman–Crippen MR) is 76.1 cm³/mol. The average Bonchev–Trinajstić information content (AvgIpc) is 2.37. The number of rotatable bonds is 3. The molecule has 0 saturated carbocycles. The van der Waals surface area contributed by atoms with Crippen LogP contribution in [0.3, 0.4) is 0 Å². The third-order valence-electron chi connectivity index (χ3n) is 3.05. The van der Waals surface area contributed by atoms with Crippen LogP contribution in [0, 0.1) is 10.1 Å². The van der Waals surface area contributed by atoms with Gasteiger partial charge in [0.25, 0.3) is 0 Å². The molecule has 0 aliphatic carbocycles. The minimum Gasteiger partial charge on any atom is -0.298 e. The Kier molecular flexibility index (Phi) is 4.52. The summed E-state index contributed by atoms with van der Waals surface area (Å²) >= 11 is 11.5. The minimum absolute atomic E-state index is 0.167. The van der Waals surface area contributed by atoms with E-state index in [1.165, 1.54) is 0 Å². The fourth-order valence-corrected chi connectivity index (χ4v) is 4.37. The topological polar surface area (TPSA) is 97.6 Å². The number of nitro benzene ring substituents is 1. The van der Waals surface area contributed by atoms with Crippen LogP contribution < -0.4 is 0 Å². The molecule has 0 atom stereocenters. The molecule has 7 nitrogen and oxygen atoms in total. The molecular formula is C11H10Cl2N2O5S. The number of sulfonamides is 1. The SMILES string of the molecule is O=C1CCCN(S(=O)(=O)c2ccc(Cl)c([N+](=O)[O-])c2Cl)C1. The first kappa shape index (κ1) is 16.2. The van der Waals surface area contributed by atoms with E-state index in [4.69, 9.17) is 23.2 Å². The van der Waals surface area contributed by atoms with Crippen molar-refractivity contribution in [2.45, 2.75) is 17.7 Å². The van der Waals surface area contributed by atoms with Crippen LogP contribution in [0.2, 0.25) is 10.0 Å². The van der Waals surface area contributed by atoms with Crippen LogP contribution in [-0.2, 0) is 14.8 Å². The monoisotopic (exact) mass is 352 g/mol. The maximum Gasteiger partial charge on any atom is 0.307 e. The normalized spacial score (nSPS) is 17.0. The molecule has 1 fully saturated rings. The summed E-state index contributed by atoms with van der Waals surface area (Å²) in [4.78, 5) is 21.1. The Labute approximate surface area is 130 Å². The number of hydrogen-bond donors (Lipinski definition) is 0. The largest absolute Gasteiger partial charge is 0.307 e. The molecule has 114 valence electrons. The molecule has 10 heteroatoms. The zero-order valence-electron chi connectivity index (χ0n) is 10.6. The highest BCUT2D eigenvalue weighted by atomic mass is 35.5. The van der Waals surface area contributed by atoms with Gasteiger partial charge >= 0.3 is 5.69 Å². The molecule has 1 aliphatic heterocycles. The van der Waals surface area contributed by atoms with Gasteiger partial charge in [0.15, 0.2) is 0 Å². The summed E-state index contributed by atoms with van der Waals surface area (Å²) in [5.41, 5.74) is -0.664. The second kappa shape index (κ2) is 5.88. The number of halogens is 2. The molecule has 0 spiro atoms. The smallest absolute Gasteiger partial charge is 0.298 e. The number of carbonyl (C=O) groups is 1. The van der Waals surface area contributed by atoms with Crippen LogP contribution in [0.25, 0.3) is 0 Å². The molecule has 0 bridgehead atoms. The fraction of sp³-hybridized carbons (Fsp3) is 0.364. The van der Waals surface area contributed by atoms with Crippen molar-refractivity contribution >= 4 is 44.7 Å². The first-order valence-corrected chi connectivity index (χ1v) is 8.09. The molecule has 0 radical (unpaired) electrons. The number of nitro groups is 1. The lowest BCUT2D eigenvalue weighted by Crippen LogP contribution is -2.40. The number of Topliss-reactive ketones (excluding diaryl/α,β-unsaturated/α-hetero) is 1. The van der Waals surface area contributed by atoms with Gasteiger partial charge in [-0.05, 0) is 18.6 Å². The van der Waals surface area contributed by atoms with Gasteiger partial charge in [-0.2, -0.15) is 4.31 Å². The summed E-state index contributed by atoms with van der Waals surface area (Å²) in [6, 6.07) is 2.20. The lowest BCUT2D eigenvalue weighted by Gasteiger charge is -2.25. The number of nitrogens with zero attached hydrogens (tertiary/aromatic N) is 2. The van der Waals surface area contributed by atoms with E-state index in [-0.39, 0.29) is 23.9 Å². The van der Waals surface area contributed by atoms with E-state index in [0.29, 0.717) is 12.8 Å².